The van der Waals surface area contributed by atoms with Crippen LogP contribution in [0.2, 0.25) is 5.02 Å². The van der Waals surface area contributed by atoms with Gasteiger partial charge in [0, 0.05) is 24.5 Å². The molecule has 0 radical (unpaired) electrons. The topological polar surface area (TPSA) is 66.5 Å². The summed E-state index contributed by atoms with van der Waals surface area (Å²) in [5, 5.41) is 3.06. The van der Waals surface area contributed by atoms with Crippen molar-refractivity contribution in [3.63, 3.8) is 0 Å². The molecule has 1 aromatic rings. The molecule has 0 saturated carbocycles. The summed E-state index contributed by atoms with van der Waals surface area (Å²) in [6.07, 6.45) is 2.73. The van der Waals surface area contributed by atoms with Gasteiger partial charge < -0.3 is 5.32 Å². The number of nitrogens with zero attached hydrogens (tertiary/aromatic N) is 1. The lowest BCUT2D eigenvalue weighted by atomic mass is 10.2. The Kier molecular flexibility index (Phi) is 6.23. The Morgan fingerprint density at radius 2 is 2.14 bits per heavy atom. The number of carbonyl (C=O) groups excluding carboxylic acids is 1. The van der Waals surface area contributed by atoms with Crippen LogP contribution >= 0.6 is 11.6 Å². The third kappa shape index (κ3) is 5.40. The van der Waals surface area contributed by atoms with Gasteiger partial charge in [0.05, 0.1) is 11.9 Å². The van der Waals surface area contributed by atoms with Crippen LogP contribution in [-0.4, -0.2) is 33.7 Å². The highest BCUT2D eigenvalue weighted by Gasteiger charge is 2.20. The summed E-state index contributed by atoms with van der Waals surface area (Å²) in [5.74, 6) is -0.233. The van der Waals surface area contributed by atoms with E-state index in [0.29, 0.717) is 17.3 Å². The van der Waals surface area contributed by atoms with E-state index >= 15 is 0 Å². The Balaban J connectivity index is 2.95. The highest BCUT2D eigenvalue weighted by molar-refractivity contribution is 7.92. The number of hydrogen-bond donors (Lipinski definition) is 1. The number of anilines is 1. The SMILES string of the molecule is C=CCNC(=O)CCN(c1cc(Cl)ccc1C)S(C)(=O)=O. The fourth-order valence-corrected chi connectivity index (χ4v) is 2.94. The molecule has 1 rings (SSSR count). The van der Waals surface area contributed by atoms with E-state index in [2.05, 4.69) is 11.9 Å². The third-order valence-corrected chi connectivity index (χ3v) is 4.24. The van der Waals surface area contributed by atoms with Crippen molar-refractivity contribution in [1.29, 1.82) is 0 Å². The van der Waals surface area contributed by atoms with Crippen LogP contribution in [0.25, 0.3) is 0 Å². The average molecular weight is 331 g/mol. The van der Waals surface area contributed by atoms with Gasteiger partial charge in [-0.25, -0.2) is 8.42 Å². The molecule has 0 aliphatic carbocycles. The average Bonchev–Trinajstić information content (AvgIpc) is 2.39. The maximum atomic E-state index is 12.0. The number of halogens is 1. The first kappa shape index (κ1) is 17.5. The summed E-state index contributed by atoms with van der Waals surface area (Å²) in [7, 11) is -3.50. The van der Waals surface area contributed by atoms with E-state index in [1.165, 1.54) is 4.31 Å². The van der Waals surface area contributed by atoms with E-state index in [0.717, 1.165) is 11.8 Å². The van der Waals surface area contributed by atoms with Crippen molar-refractivity contribution in [2.24, 2.45) is 0 Å². The monoisotopic (exact) mass is 330 g/mol. The van der Waals surface area contributed by atoms with Crippen molar-refractivity contribution < 1.29 is 13.2 Å². The normalized spacial score (nSPS) is 11.0. The van der Waals surface area contributed by atoms with E-state index in [1.807, 2.05) is 0 Å². The minimum absolute atomic E-state index is 0.0585. The first-order valence-corrected chi connectivity index (χ1v) is 8.60. The van der Waals surface area contributed by atoms with Gasteiger partial charge in [-0.2, -0.15) is 0 Å². The lowest BCUT2D eigenvalue weighted by molar-refractivity contribution is -0.120. The van der Waals surface area contributed by atoms with Crippen LogP contribution in [0.4, 0.5) is 5.69 Å². The summed E-state index contributed by atoms with van der Waals surface area (Å²) in [4.78, 5) is 11.6. The van der Waals surface area contributed by atoms with Crippen LogP contribution in [0.5, 0.6) is 0 Å². The number of nitrogens with one attached hydrogen (secondary N) is 1. The van der Waals surface area contributed by atoms with E-state index in [-0.39, 0.29) is 18.9 Å². The number of aryl methyl sites for hydroxylation is 1. The molecule has 5 nitrogen and oxygen atoms in total. The molecule has 1 aromatic carbocycles. The van der Waals surface area contributed by atoms with Crippen molar-refractivity contribution >= 4 is 33.2 Å². The molecule has 0 saturated heterocycles. The fourth-order valence-electron chi connectivity index (χ4n) is 1.79. The summed E-state index contributed by atoms with van der Waals surface area (Å²) in [6.45, 7) is 5.71. The lowest BCUT2D eigenvalue weighted by Crippen LogP contribution is -2.35. The van der Waals surface area contributed by atoms with Gasteiger partial charge in [0.25, 0.3) is 0 Å². The molecule has 0 fully saturated rings. The predicted octanol–water partition coefficient (Wildman–Crippen LogP) is 2.11. The second-order valence-electron chi connectivity index (χ2n) is 4.61. The second-order valence-corrected chi connectivity index (χ2v) is 6.95. The van der Waals surface area contributed by atoms with Crippen LogP contribution in [-0.2, 0) is 14.8 Å². The first-order valence-electron chi connectivity index (χ1n) is 6.37. The number of benzene rings is 1. The Labute approximate surface area is 130 Å². The molecule has 0 atom stereocenters. The van der Waals surface area contributed by atoms with Gasteiger partial charge in [-0.05, 0) is 24.6 Å². The molecular formula is C14H19ClN2O3S. The summed E-state index contributed by atoms with van der Waals surface area (Å²) in [6, 6.07) is 5.02. The Bertz CT molecular complexity index is 629. The van der Waals surface area contributed by atoms with Crippen molar-refractivity contribution in [2.45, 2.75) is 13.3 Å². The molecule has 116 valence electrons. The molecule has 0 aliphatic heterocycles. The fraction of sp³-hybridized carbons (Fsp3) is 0.357. The molecule has 0 aliphatic rings. The largest absolute Gasteiger partial charge is 0.353 e. The van der Waals surface area contributed by atoms with Gasteiger partial charge >= 0.3 is 0 Å². The summed E-state index contributed by atoms with van der Waals surface area (Å²) in [5.41, 5.74) is 1.26. The van der Waals surface area contributed by atoms with Crippen LogP contribution < -0.4 is 9.62 Å². The standard InChI is InChI=1S/C14H19ClN2O3S/c1-4-8-16-14(18)7-9-17(21(3,19)20)13-10-12(15)6-5-11(13)2/h4-6,10H,1,7-9H2,2-3H3,(H,16,18). The highest BCUT2D eigenvalue weighted by Crippen LogP contribution is 2.26. The van der Waals surface area contributed by atoms with Crippen LogP contribution in [0, 0.1) is 6.92 Å². The number of rotatable bonds is 7. The Morgan fingerprint density at radius 1 is 1.48 bits per heavy atom. The predicted molar refractivity (Wildman–Crippen MR) is 86.2 cm³/mol. The molecular weight excluding hydrogens is 312 g/mol. The van der Waals surface area contributed by atoms with Crippen molar-refractivity contribution in [2.75, 3.05) is 23.7 Å². The van der Waals surface area contributed by atoms with Crippen molar-refractivity contribution in [1.82, 2.24) is 5.32 Å². The molecule has 1 N–H and O–H groups in total. The number of sulfonamides is 1. The van der Waals surface area contributed by atoms with Gasteiger partial charge in [-0.3, -0.25) is 9.10 Å². The van der Waals surface area contributed by atoms with Crippen molar-refractivity contribution in [3.05, 3.63) is 41.4 Å². The van der Waals surface area contributed by atoms with Gasteiger partial charge in [0.1, 0.15) is 0 Å². The molecule has 0 unspecified atom stereocenters. The van der Waals surface area contributed by atoms with E-state index in [4.69, 9.17) is 11.6 Å². The molecule has 21 heavy (non-hydrogen) atoms. The van der Waals surface area contributed by atoms with E-state index < -0.39 is 10.0 Å². The molecule has 0 heterocycles. The lowest BCUT2D eigenvalue weighted by Gasteiger charge is -2.24. The van der Waals surface area contributed by atoms with Crippen LogP contribution in [0.3, 0.4) is 0 Å². The van der Waals surface area contributed by atoms with Gasteiger partial charge in [0.2, 0.25) is 15.9 Å². The maximum Gasteiger partial charge on any atom is 0.232 e. The summed E-state index contributed by atoms with van der Waals surface area (Å²) >= 11 is 5.93. The third-order valence-electron chi connectivity index (χ3n) is 2.83. The van der Waals surface area contributed by atoms with Crippen LogP contribution in [0.15, 0.2) is 30.9 Å². The molecule has 0 aromatic heterocycles. The number of amides is 1. The highest BCUT2D eigenvalue weighted by atomic mass is 35.5. The maximum absolute atomic E-state index is 12.0. The summed E-state index contributed by atoms with van der Waals surface area (Å²) < 4.78 is 25.1. The quantitative estimate of drug-likeness (QED) is 0.779. The zero-order valence-corrected chi connectivity index (χ0v) is 13.7. The van der Waals surface area contributed by atoms with Crippen molar-refractivity contribution in [3.8, 4) is 0 Å². The number of carbonyl (C=O) groups is 1. The zero-order chi connectivity index (χ0) is 16.0. The Morgan fingerprint density at radius 3 is 2.71 bits per heavy atom. The molecule has 1 amide bonds. The smallest absolute Gasteiger partial charge is 0.232 e. The minimum Gasteiger partial charge on any atom is -0.353 e. The van der Waals surface area contributed by atoms with E-state index in [9.17, 15) is 13.2 Å². The zero-order valence-electron chi connectivity index (χ0n) is 12.1. The minimum atomic E-state index is -3.50. The van der Waals surface area contributed by atoms with Crippen LogP contribution in [0.1, 0.15) is 12.0 Å². The molecule has 7 heteroatoms. The van der Waals surface area contributed by atoms with Gasteiger partial charge in [-0.15, -0.1) is 6.58 Å². The molecule has 0 bridgehead atoms. The molecule has 0 spiro atoms. The first-order chi connectivity index (χ1) is 9.75. The van der Waals surface area contributed by atoms with E-state index in [1.54, 1.807) is 31.2 Å². The number of hydrogen-bond acceptors (Lipinski definition) is 3. The van der Waals surface area contributed by atoms with Gasteiger partial charge in [0.15, 0.2) is 0 Å². The Hall–Kier alpha value is -1.53. The van der Waals surface area contributed by atoms with Gasteiger partial charge in [-0.1, -0.05) is 23.7 Å². The second kappa shape index (κ2) is 7.47.